The summed E-state index contributed by atoms with van der Waals surface area (Å²) >= 11 is 0. The van der Waals surface area contributed by atoms with E-state index in [4.69, 9.17) is 0 Å². The van der Waals surface area contributed by atoms with Crippen molar-refractivity contribution < 1.29 is 0 Å². The van der Waals surface area contributed by atoms with Gasteiger partial charge in [0.05, 0.1) is 0 Å². The topological polar surface area (TPSA) is 3.24 Å². The third-order valence-corrected chi connectivity index (χ3v) is 5.05. The second-order valence-corrected chi connectivity index (χ2v) is 6.29. The van der Waals surface area contributed by atoms with Crippen molar-refractivity contribution in [3.8, 4) is 0 Å². The average molecular weight is 193 g/mol. The molecule has 80 valence electrons. The number of hydrogen-bond donors (Lipinski definition) is 0. The highest BCUT2D eigenvalue weighted by Crippen LogP contribution is 2.63. The van der Waals surface area contributed by atoms with E-state index in [0.29, 0.717) is 0 Å². The minimum atomic E-state index is 0.767. The Labute approximate surface area is 87.9 Å². The standard InChI is InChI=1S/C13H23N/c1-10(2)14-5-3-13(4-6-14)8-11-7-12(11)9-13/h10-12H,3-9H2,1-2H3. The smallest absolute Gasteiger partial charge is 0.00385 e. The van der Waals surface area contributed by atoms with E-state index >= 15 is 0 Å². The number of likely N-dealkylation sites (tertiary alicyclic amines) is 1. The summed E-state index contributed by atoms with van der Waals surface area (Å²) in [6, 6.07) is 0.767. The van der Waals surface area contributed by atoms with E-state index in [-0.39, 0.29) is 0 Å². The Kier molecular flexibility index (Phi) is 1.96. The molecular formula is C13H23N. The summed E-state index contributed by atoms with van der Waals surface area (Å²) < 4.78 is 0. The van der Waals surface area contributed by atoms with Crippen molar-refractivity contribution in [1.82, 2.24) is 4.90 Å². The summed E-state index contributed by atoms with van der Waals surface area (Å²) in [4.78, 5) is 2.66. The molecule has 1 heterocycles. The van der Waals surface area contributed by atoms with Crippen molar-refractivity contribution in [3.63, 3.8) is 0 Å². The van der Waals surface area contributed by atoms with Crippen LogP contribution in [0.1, 0.15) is 46.0 Å². The molecule has 0 bridgehead atoms. The monoisotopic (exact) mass is 193 g/mol. The van der Waals surface area contributed by atoms with Crippen LogP contribution >= 0.6 is 0 Å². The van der Waals surface area contributed by atoms with Gasteiger partial charge < -0.3 is 4.90 Å². The fourth-order valence-corrected chi connectivity index (χ4v) is 3.93. The van der Waals surface area contributed by atoms with Crippen molar-refractivity contribution >= 4 is 0 Å². The van der Waals surface area contributed by atoms with Gasteiger partial charge in [-0.15, -0.1) is 0 Å². The highest BCUT2D eigenvalue weighted by Gasteiger charge is 2.53. The minimum Gasteiger partial charge on any atom is -0.301 e. The van der Waals surface area contributed by atoms with Crippen LogP contribution in [0.5, 0.6) is 0 Å². The second kappa shape index (κ2) is 2.98. The average Bonchev–Trinajstić information content (AvgIpc) is 2.76. The zero-order valence-corrected chi connectivity index (χ0v) is 9.63. The van der Waals surface area contributed by atoms with Crippen LogP contribution in [0.4, 0.5) is 0 Å². The van der Waals surface area contributed by atoms with E-state index in [1.807, 2.05) is 0 Å². The van der Waals surface area contributed by atoms with Gasteiger partial charge in [-0.2, -0.15) is 0 Å². The maximum absolute atomic E-state index is 2.66. The molecule has 1 aliphatic heterocycles. The van der Waals surface area contributed by atoms with E-state index < -0.39 is 0 Å². The molecule has 3 rings (SSSR count). The van der Waals surface area contributed by atoms with Crippen molar-refractivity contribution in [2.24, 2.45) is 17.3 Å². The summed E-state index contributed by atoms with van der Waals surface area (Å²) in [6.07, 6.45) is 7.75. The van der Waals surface area contributed by atoms with E-state index in [2.05, 4.69) is 18.7 Å². The second-order valence-electron chi connectivity index (χ2n) is 6.29. The number of rotatable bonds is 1. The van der Waals surface area contributed by atoms with Crippen LogP contribution in [0.2, 0.25) is 0 Å². The largest absolute Gasteiger partial charge is 0.301 e. The van der Waals surface area contributed by atoms with Gasteiger partial charge in [0.15, 0.2) is 0 Å². The summed E-state index contributed by atoms with van der Waals surface area (Å²) in [5.74, 6) is 2.33. The molecule has 3 aliphatic rings. The van der Waals surface area contributed by atoms with Gasteiger partial charge in [-0.25, -0.2) is 0 Å². The lowest BCUT2D eigenvalue weighted by Gasteiger charge is -2.42. The fraction of sp³-hybridized carbons (Fsp3) is 1.00. The van der Waals surface area contributed by atoms with Crippen LogP contribution in [0.15, 0.2) is 0 Å². The molecule has 1 nitrogen and oxygen atoms in total. The van der Waals surface area contributed by atoms with Gasteiger partial charge in [0.25, 0.3) is 0 Å². The first-order valence-corrected chi connectivity index (χ1v) is 6.43. The van der Waals surface area contributed by atoms with Gasteiger partial charge in [0.1, 0.15) is 0 Å². The molecule has 3 fully saturated rings. The lowest BCUT2D eigenvalue weighted by Crippen LogP contribution is -2.42. The molecule has 2 unspecified atom stereocenters. The summed E-state index contributed by atoms with van der Waals surface area (Å²) in [6.45, 7) is 7.42. The van der Waals surface area contributed by atoms with Crippen molar-refractivity contribution in [2.75, 3.05) is 13.1 Å². The molecule has 1 heteroatoms. The van der Waals surface area contributed by atoms with Crippen LogP contribution in [0.25, 0.3) is 0 Å². The maximum Gasteiger partial charge on any atom is 0.00385 e. The first-order chi connectivity index (χ1) is 6.69. The van der Waals surface area contributed by atoms with E-state index in [9.17, 15) is 0 Å². The van der Waals surface area contributed by atoms with Crippen LogP contribution in [-0.2, 0) is 0 Å². The molecule has 2 atom stereocenters. The van der Waals surface area contributed by atoms with E-state index in [1.165, 1.54) is 37.8 Å². The number of fused-ring (bicyclic) bond motifs is 1. The van der Waals surface area contributed by atoms with Gasteiger partial charge >= 0.3 is 0 Å². The molecule has 2 saturated carbocycles. The predicted molar refractivity (Wildman–Crippen MR) is 59.2 cm³/mol. The molecule has 0 radical (unpaired) electrons. The first kappa shape index (κ1) is 9.21. The fourth-order valence-electron chi connectivity index (χ4n) is 3.93. The van der Waals surface area contributed by atoms with Crippen LogP contribution < -0.4 is 0 Å². The highest BCUT2D eigenvalue weighted by molar-refractivity contribution is 5.04. The van der Waals surface area contributed by atoms with Crippen LogP contribution in [0.3, 0.4) is 0 Å². The Hall–Kier alpha value is -0.0400. The zero-order valence-electron chi connectivity index (χ0n) is 9.63. The first-order valence-electron chi connectivity index (χ1n) is 6.43. The van der Waals surface area contributed by atoms with E-state index in [0.717, 1.165) is 11.5 Å². The van der Waals surface area contributed by atoms with Gasteiger partial charge in [-0.3, -0.25) is 0 Å². The molecule has 0 aromatic heterocycles. The molecule has 2 aliphatic carbocycles. The molecule has 0 N–H and O–H groups in total. The van der Waals surface area contributed by atoms with Crippen LogP contribution in [-0.4, -0.2) is 24.0 Å². The molecule has 0 amide bonds. The van der Waals surface area contributed by atoms with Crippen molar-refractivity contribution in [3.05, 3.63) is 0 Å². The lowest BCUT2D eigenvalue weighted by molar-refractivity contribution is 0.0779. The Balaban J connectivity index is 1.60. The Bertz CT molecular complexity index is 213. The third kappa shape index (κ3) is 1.41. The summed E-state index contributed by atoms with van der Waals surface area (Å²) in [5.41, 5.74) is 0.818. The van der Waals surface area contributed by atoms with E-state index in [1.54, 1.807) is 19.3 Å². The molecule has 14 heavy (non-hydrogen) atoms. The SMILES string of the molecule is CC(C)N1CCC2(CC1)CC1CC1C2. The number of hydrogen-bond acceptors (Lipinski definition) is 1. The maximum atomic E-state index is 2.66. The molecule has 0 aromatic rings. The Morgan fingerprint density at radius 1 is 1.07 bits per heavy atom. The molecule has 0 aromatic carbocycles. The Morgan fingerprint density at radius 2 is 1.64 bits per heavy atom. The molecular weight excluding hydrogens is 170 g/mol. The number of nitrogens with zero attached hydrogens (tertiary/aromatic N) is 1. The summed E-state index contributed by atoms with van der Waals surface area (Å²) in [7, 11) is 0. The van der Waals surface area contributed by atoms with Crippen LogP contribution in [0, 0.1) is 17.3 Å². The van der Waals surface area contributed by atoms with Crippen molar-refractivity contribution in [2.45, 2.75) is 52.0 Å². The third-order valence-electron chi connectivity index (χ3n) is 5.05. The van der Waals surface area contributed by atoms with Crippen molar-refractivity contribution in [1.29, 1.82) is 0 Å². The van der Waals surface area contributed by atoms with Gasteiger partial charge in [-0.05, 0) is 76.3 Å². The summed E-state index contributed by atoms with van der Waals surface area (Å²) in [5, 5.41) is 0. The molecule has 1 saturated heterocycles. The number of piperidine rings is 1. The predicted octanol–water partition coefficient (Wildman–Crippen LogP) is 2.91. The Morgan fingerprint density at radius 3 is 2.14 bits per heavy atom. The minimum absolute atomic E-state index is 0.767. The normalized spacial score (nSPS) is 40.5. The quantitative estimate of drug-likeness (QED) is 0.619. The highest BCUT2D eigenvalue weighted by atomic mass is 15.2. The zero-order chi connectivity index (χ0) is 9.76. The van der Waals surface area contributed by atoms with Gasteiger partial charge in [-0.1, -0.05) is 0 Å². The van der Waals surface area contributed by atoms with Gasteiger partial charge in [0.2, 0.25) is 0 Å². The van der Waals surface area contributed by atoms with Gasteiger partial charge in [0, 0.05) is 6.04 Å². The molecule has 1 spiro atoms. The lowest BCUT2D eigenvalue weighted by atomic mass is 9.74.